The molecule has 1 heterocycles. The van der Waals surface area contributed by atoms with Crippen LogP contribution in [0.5, 0.6) is 0 Å². The van der Waals surface area contributed by atoms with E-state index in [1.54, 1.807) is 0 Å². The monoisotopic (exact) mass is 246 g/mol. The van der Waals surface area contributed by atoms with E-state index < -0.39 is 5.41 Å². The first-order chi connectivity index (χ1) is 8.60. The van der Waals surface area contributed by atoms with Gasteiger partial charge in [0, 0.05) is 6.04 Å². The van der Waals surface area contributed by atoms with Crippen molar-refractivity contribution in [3.8, 4) is 0 Å². The molecule has 98 valence electrons. The topological polar surface area (TPSA) is 41.1 Å². The molecule has 3 nitrogen and oxygen atoms in total. The van der Waals surface area contributed by atoms with Crippen molar-refractivity contribution in [2.24, 2.45) is 0 Å². The fourth-order valence-electron chi connectivity index (χ4n) is 2.32. The molecule has 0 radical (unpaired) electrons. The highest BCUT2D eigenvalue weighted by Crippen LogP contribution is 2.23. The van der Waals surface area contributed by atoms with E-state index in [9.17, 15) is 4.79 Å². The second-order valence-electron chi connectivity index (χ2n) is 5.49. The molecule has 1 aromatic carbocycles. The normalized spacial score (nSPS) is 17.4. The Hall–Kier alpha value is -1.35. The molecule has 0 atom stereocenters. The Morgan fingerprint density at radius 1 is 1.22 bits per heavy atom. The summed E-state index contributed by atoms with van der Waals surface area (Å²) in [5, 5.41) is 6.49. The molecule has 0 spiro atoms. The van der Waals surface area contributed by atoms with Crippen LogP contribution in [-0.2, 0) is 10.2 Å². The minimum Gasteiger partial charge on any atom is -0.353 e. The van der Waals surface area contributed by atoms with Crippen molar-refractivity contribution in [3.63, 3.8) is 0 Å². The summed E-state index contributed by atoms with van der Waals surface area (Å²) in [6.07, 6.45) is 2.05. The lowest BCUT2D eigenvalue weighted by atomic mass is 9.83. The summed E-state index contributed by atoms with van der Waals surface area (Å²) in [5.74, 6) is 0.126. The van der Waals surface area contributed by atoms with E-state index in [0.29, 0.717) is 6.04 Å². The van der Waals surface area contributed by atoms with Crippen LogP contribution < -0.4 is 10.6 Å². The first kappa shape index (κ1) is 13.1. The molecule has 0 bridgehead atoms. The summed E-state index contributed by atoms with van der Waals surface area (Å²) in [6, 6.07) is 10.3. The first-order valence-electron chi connectivity index (χ1n) is 6.68. The summed E-state index contributed by atoms with van der Waals surface area (Å²) in [4.78, 5) is 12.4. The van der Waals surface area contributed by atoms with Gasteiger partial charge in [-0.05, 0) is 45.3 Å². The van der Waals surface area contributed by atoms with E-state index in [-0.39, 0.29) is 5.91 Å². The quantitative estimate of drug-likeness (QED) is 0.854. The van der Waals surface area contributed by atoms with Crippen LogP contribution in [0.3, 0.4) is 0 Å². The molecule has 18 heavy (non-hydrogen) atoms. The maximum Gasteiger partial charge on any atom is 0.230 e. The lowest BCUT2D eigenvalue weighted by molar-refractivity contribution is -0.126. The molecule has 1 aliphatic heterocycles. The number of piperidine rings is 1. The third-order valence-corrected chi connectivity index (χ3v) is 3.74. The van der Waals surface area contributed by atoms with Crippen molar-refractivity contribution in [1.82, 2.24) is 10.6 Å². The summed E-state index contributed by atoms with van der Waals surface area (Å²) < 4.78 is 0. The number of benzene rings is 1. The van der Waals surface area contributed by atoms with E-state index in [1.165, 1.54) is 0 Å². The maximum atomic E-state index is 12.4. The fraction of sp³-hybridized carbons (Fsp3) is 0.533. The van der Waals surface area contributed by atoms with Crippen LogP contribution in [0.25, 0.3) is 0 Å². The van der Waals surface area contributed by atoms with Gasteiger partial charge in [0.2, 0.25) is 5.91 Å². The van der Waals surface area contributed by atoms with Crippen molar-refractivity contribution < 1.29 is 4.79 Å². The van der Waals surface area contributed by atoms with Crippen molar-refractivity contribution in [2.45, 2.75) is 38.1 Å². The molecule has 0 aliphatic carbocycles. The Morgan fingerprint density at radius 3 is 2.44 bits per heavy atom. The molecule has 2 N–H and O–H groups in total. The molecule has 1 aliphatic rings. The van der Waals surface area contributed by atoms with Crippen LogP contribution in [0, 0.1) is 0 Å². The van der Waals surface area contributed by atoms with Gasteiger partial charge in [0.15, 0.2) is 0 Å². The van der Waals surface area contributed by atoms with Gasteiger partial charge in [-0.3, -0.25) is 4.79 Å². The van der Waals surface area contributed by atoms with Gasteiger partial charge < -0.3 is 10.6 Å². The molecule has 0 aromatic heterocycles. The number of carbonyl (C=O) groups excluding carboxylic acids is 1. The number of nitrogens with one attached hydrogen (secondary N) is 2. The number of amides is 1. The Kier molecular flexibility index (Phi) is 4.02. The molecule has 0 saturated carbocycles. The second-order valence-corrected chi connectivity index (χ2v) is 5.49. The van der Waals surface area contributed by atoms with Gasteiger partial charge in [-0.1, -0.05) is 30.3 Å². The zero-order chi connectivity index (χ0) is 13.0. The molecule has 0 unspecified atom stereocenters. The van der Waals surface area contributed by atoms with Gasteiger partial charge in [0.25, 0.3) is 0 Å². The smallest absolute Gasteiger partial charge is 0.230 e. The van der Waals surface area contributed by atoms with Crippen molar-refractivity contribution >= 4 is 5.91 Å². The molecule has 1 aromatic rings. The average molecular weight is 246 g/mol. The molecule has 2 rings (SSSR count). The average Bonchev–Trinajstić information content (AvgIpc) is 2.41. The van der Waals surface area contributed by atoms with Crippen LogP contribution in [0.15, 0.2) is 30.3 Å². The van der Waals surface area contributed by atoms with Gasteiger partial charge >= 0.3 is 0 Å². The third-order valence-electron chi connectivity index (χ3n) is 3.74. The van der Waals surface area contributed by atoms with Crippen LogP contribution in [0.4, 0.5) is 0 Å². The van der Waals surface area contributed by atoms with E-state index in [2.05, 4.69) is 10.6 Å². The minimum atomic E-state index is -0.466. The zero-order valence-corrected chi connectivity index (χ0v) is 11.2. The highest BCUT2D eigenvalue weighted by atomic mass is 16.2. The molecule has 1 amide bonds. The minimum absolute atomic E-state index is 0.126. The van der Waals surface area contributed by atoms with E-state index in [0.717, 1.165) is 31.5 Å². The largest absolute Gasteiger partial charge is 0.353 e. The van der Waals surface area contributed by atoms with Gasteiger partial charge in [-0.15, -0.1) is 0 Å². The highest BCUT2D eigenvalue weighted by molar-refractivity contribution is 5.87. The van der Waals surface area contributed by atoms with Crippen LogP contribution in [-0.4, -0.2) is 25.0 Å². The number of carbonyl (C=O) groups is 1. The lowest BCUT2D eigenvalue weighted by Crippen LogP contribution is -2.48. The molecular formula is C15H22N2O. The second kappa shape index (κ2) is 5.53. The highest BCUT2D eigenvalue weighted by Gasteiger charge is 2.31. The lowest BCUT2D eigenvalue weighted by Gasteiger charge is -2.30. The zero-order valence-electron chi connectivity index (χ0n) is 11.2. The summed E-state index contributed by atoms with van der Waals surface area (Å²) >= 11 is 0. The van der Waals surface area contributed by atoms with Gasteiger partial charge in [-0.2, -0.15) is 0 Å². The Bertz CT molecular complexity index is 394. The van der Waals surface area contributed by atoms with Crippen LogP contribution in [0.1, 0.15) is 32.3 Å². The maximum absolute atomic E-state index is 12.4. The summed E-state index contributed by atoms with van der Waals surface area (Å²) in [7, 11) is 0. The van der Waals surface area contributed by atoms with Crippen LogP contribution >= 0.6 is 0 Å². The van der Waals surface area contributed by atoms with E-state index in [4.69, 9.17) is 0 Å². The standard InChI is InChI=1S/C15H22N2O/c1-15(2,12-6-4-3-5-7-12)14(18)17-13-8-10-16-11-9-13/h3-7,13,16H,8-11H2,1-2H3,(H,17,18). The predicted molar refractivity (Wildman–Crippen MR) is 73.5 cm³/mol. The van der Waals surface area contributed by atoms with Crippen molar-refractivity contribution in [1.29, 1.82) is 0 Å². The Balaban J connectivity index is 2.03. The molecule has 3 heteroatoms. The molecule has 1 fully saturated rings. The van der Waals surface area contributed by atoms with Gasteiger partial charge in [0.05, 0.1) is 5.41 Å². The van der Waals surface area contributed by atoms with Gasteiger partial charge in [-0.25, -0.2) is 0 Å². The first-order valence-corrected chi connectivity index (χ1v) is 6.68. The summed E-state index contributed by atoms with van der Waals surface area (Å²) in [5.41, 5.74) is 0.600. The number of hydrogen-bond acceptors (Lipinski definition) is 2. The van der Waals surface area contributed by atoms with Crippen molar-refractivity contribution in [3.05, 3.63) is 35.9 Å². The number of rotatable bonds is 3. The van der Waals surface area contributed by atoms with E-state index >= 15 is 0 Å². The van der Waals surface area contributed by atoms with E-state index in [1.807, 2.05) is 44.2 Å². The van der Waals surface area contributed by atoms with Crippen molar-refractivity contribution in [2.75, 3.05) is 13.1 Å². The number of hydrogen-bond donors (Lipinski definition) is 2. The Morgan fingerprint density at radius 2 is 1.83 bits per heavy atom. The predicted octanol–water partition coefficient (Wildman–Crippen LogP) is 1.83. The molecule has 1 saturated heterocycles. The van der Waals surface area contributed by atoms with Gasteiger partial charge in [0.1, 0.15) is 0 Å². The molecular weight excluding hydrogens is 224 g/mol. The summed E-state index contributed by atoms with van der Waals surface area (Å²) in [6.45, 7) is 5.96. The fourth-order valence-corrected chi connectivity index (χ4v) is 2.32. The Labute approximate surface area is 109 Å². The third kappa shape index (κ3) is 2.91. The SMILES string of the molecule is CC(C)(C(=O)NC1CCNCC1)c1ccccc1. The van der Waals surface area contributed by atoms with Crippen LogP contribution in [0.2, 0.25) is 0 Å².